The Morgan fingerprint density at radius 3 is 2.72 bits per heavy atom. The summed E-state index contributed by atoms with van der Waals surface area (Å²) in [5, 5.41) is 0. The van der Waals surface area contributed by atoms with Crippen molar-refractivity contribution in [2.75, 3.05) is 6.61 Å². The number of hydrogen-bond donors (Lipinski definition) is 0. The third-order valence-electron chi connectivity index (χ3n) is 2.41. The molecule has 98 valence electrons. The maximum Gasteiger partial charge on any atom is 0.338 e. The third-order valence-corrected chi connectivity index (χ3v) is 2.41. The first kappa shape index (κ1) is 14.3. The molecule has 1 aromatic carbocycles. The van der Waals surface area contributed by atoms with Gasteiger partial charge in [0.1, 0.15) is 6.29 Å². The number of benzene rings is 1. The Morgan fingerprint density at radius 2 is 2.17 bits per heavy atom. The highest BCUT2D eigenvalue weighted by atomic mass is 19.3. The van der Waals surface area contributed by atoms with E-state index in [9.17, 15) is 18.4 Å². The van der Waals surface area contributed by atoms with Crippen molar-refractivity contribution in [1.82, 2.24) is 0 Å². The standard InChI is InChI=1S/C13H14F2O3/c1-2-18-13(17)11-6-5-10(12(14)15)8-9(11)4-3-7-16/h5-8,12H,2-4H2,1H3. The summed E-state index contributed by atoms with van der Waals surface area (Å²) in [6, 6.07) is 3.77. The molecule has 5 heteroatoms. The molecular formula is C13H14F2O3. The fourth-order valence-electron chi connectivity index (χ4n) is 1.58. The van der Waals surface area contributed by atoms with Crippen molar-refractivity contribution >= 4 is 12.3 Å². The summed E-state index contributed by atoms with van der Waals surface area (Å²) in [6.45, 7) is 1.87. The van der Waals surface area contributed by atoms with Crippen LogP contribution in [0.5, 0.6) is 0 Å². The van der Waals surface area contributed by atoms with Gasteiger partial charge in [0.25, 0.3) is 6.43 Å². The Morgan fingerprint density at radius 1 is 1.44 bits per heavy atom. The highest BCUT2D eigenvalue weighted by Crippen LogP contribution is 2.23. The molecule has 0 spiro atoms. The van der Waals surface area contributed by atoms with Gasteiger partial charge in [-0.05, 0) is 31.0 Å². The van der Waals surface area contributed by atoms with E-state index >= 15 is 0 Å². The van der Waals surface area contributed by atoms with Crippen LogP contribution in [0.1, 0.15) is 41.3 Å². The van der Waals surface area contributed by atoms with Crippen LogP contribution in [-0.4, -0.2) is 18.9 Å². The summed E-state index contributed by atoms with van der Waals surface area (Å²) < 4.78 is 30.0. The zero-order chi connectivity index (χ0) is 13.5. The van der Waals surface area contributed by atoms with Crippen LogP contribution < -0.4 is 0 Å². The van der Waals surface area contributed by atoms with Crippen LogP contribution in [0.25, 0.3) is 0 Å². The summed E-state index contributed by atoms with van der Waals surface area (Å²) in [5.74, 6) is -0.556. The molecular weight excluding hydrogens is 242 g/mol. The monoisotopic (exact) mass is 256 g/mol. The van der Waals surface area contributed by atoms with E-state index in [2.05, 4.69) is 0 Å². The van der Waals surface area contributed by atoms with Gasteiger partial charge < -0.3 is 9.53 Å². The normalized spacial score (nSPS) is 10.4. The molecule has 0 aromatic heterocycles. The lowest BCUT2D eigenvalue weighted by Crippen LogP contribution is -2.09. The maximum atomic E-state index is 12.6. The van der Waals surface area contributed by atoms with Gasteiger partial charge in [-0.25, -0.2) is 13.6 Å². The molecule has 0 N–H and O–H groups in total. The van der Waals surface area contributed by atoms with Crippen LogP contribution in [0.2, 0.25) is 0 Å². The van der Waals surface area contributed by atoms with E-state index < -0.39 is 12.4 Å². The van der Waals surface area contributed by atoms with Gasteiger partial charge in [0.15, 0.2) is 0 Å². The van der Waals surface area contributed by atoms with E-state index in [1.165, 1.54) is 18.2 Å². The van der Waals surface area contributed by atoms with Gasteiger partial charge in [0, 0.05) is 12.0 Å². The van der Waals surface area contributed by atoms with Crippen molar-refractivity contribution in [1.29, 1.82) is 0 Å². The average Bonchev–Trinajstić information content (AvgIpc) is 2.36. The molecule has 18 heavy (non-hydrogen) atoms. The Balaban J connectivity index is 3.07. The summed E-state index contributed by atoms with van der Waals surface area (Å²) in [7, 11) is 0. The Hall–Kier alpha value is -1.78. The smallest absolute Gasteiger partial charge is 0.338 e. The molecule has 0 saturated heterocycles. The van der Waals surface area contributed by atoms with Crippen LogP contribution >= 0.6 is 0 Å². The van der Waals surface area contributed by atoms with E-state index in [1.54, 1.807) is 6.92 Å². The first-order valence-electron chi connectivity index (χ1n) is 5.61. The van der Waals surface area contributed by atoms with Crippen molar-refractivity contribution in [2.45, 2.75) is 26.2 Å². The van der Waals surface area contributed by atoms with Gasteiger partial charge in [-0.1, -0.05) is 6.07 Å². The first-order valence-corrected chi connectivity index (χ1v) is 5.61. The van der Waals surface area contributed by atoms with Crippen LogP contribution in [0.3, 0.4) is 0 Å². The Labute approximate surface area is 104 Å². The van der Waals surface area contributed by atoms with E-state index in [4.69, 9.17) is 4.74 Å². The number of halogens is 2. The number of ether oxygens (including phenoxy) is 1. The van der Waals surface area contributed by atoms with Crippen LogP contribution in [0.4, 0.5) is 8.78 Å². The van der Waals surface area contributed by atoms with Gasteiger partial charge >= 0.3 is 5.97 Å². The van der Waals surface area contributed by atoms with Crippen molar-refractivity contribution in [2.24, 2.45) is 0 Å². The predicted octanol–water partition coefficient (Wildman–Crippen LogP) is 2.93. The zero-order valence-corrected chi connectivity index (χ0v) is 9.99. The number of alkyl halides is 2. The Kier molecular flexibility index (Phi) is 5.42. The number of carbonyl (C=O) groups is 2. The molecule has 0 bridgehead atoms. The predicted molar refractivity (Wildman–Crippen MR) is 61.7 cm³/mol. The minimum absolute atomic E-state index is 0.163. The largest absolute Gasteiger partial charge is 0.462 e. The van der Waals surface area contributed by atoms with Gasteiger partial charge in [-0.3, -0.25) is 0 Å². The molecule has 0 atom stereocenters. The maximum absolute atomic E-state index is 12.6. The molecule has 0 radical (unpaired) electrons. The molecule has 0 aliphatic rings. The lowest BCUT2D eigenvalue weighted by atomic mass is 10.00. The van der Waals surface area contributed by atoms with E-state index in [0.717, 1.165) is 0 Å². The van der Waals surface area contributed by atoms with Gasteiger partial charge in [0.2, 0.25) is 0 Å². The third kappa shape index (κ3) is 3.61. The number of hydrogen-bond acceptors (Lipinski definition) is 3. The zero-order valence-electron chi connectivity index (χ0n) is 9.99. The second-order valence-electron chi connectivity index (χ2n) is 3.64. The van der Waals surface area contributed by atoms with Crippen molar-refractivity contribution in [3.05, 3.63) is 34.9 Å². The van der Waals surface area contributed by atoms with Crippen molar-refractivity contribution in [3.8, 4) is 0 Å². The lowest BCUT2D eigenvalue weighted by Gasteiger charge is -2.10. The Bertz CT molecular complexity index is 430. The first-order chi connectivity index (χ1) is 8.60. The molecule has 1 aromatic rings. The summed E-state index contributed by atoms with van der Waals surface area (Å²) >= 11 is 0. The number of esters is 1. The fourth-order valence-corrected chi connectivity index (χ4v) is 1.58. The minimum atomic E-state index is -2.60. The fraction of sp³-hybridized carbons (Fsp3) is 0.385. The molecule has 0 fully saturated rings. The van der Waals surface area contributed by atoms with Crippen LogP contribution in [0, 0.1) is 0 Å². The molecule has 0 aliphatic carbocycles. The molecule has 0 heterocycles. The molecule has 1 rings (SSSR count). The summed E-state index contributed by atoms with van der Waals surface area (Å²) in [5.41, 5.74) is 0.491. The van der Waals surface area contributed by atoms with Crippen LogP contribution in [-0.2, 0) is 16.0 Å². The van der Waals surface area contributed by atoms with Crippen molar-refractivity contribution < 1.29 is 23.1 Å². The summed E-state index contributed by atoms with van der Waals surface area (Å²) in [4.78, 5) is 22.0. The van der Waals surface area contributed by atoms with E-state index in [0.29, 0.717) is 11.8 Å². The highest BCUT2D eigenvalue weighted by molar-refractivity contribution is 5.91. The molecule has 0 aliphatic heterocycles. The van der Waals surface area contributed by atoms with Gasteiger partial charge in [-0.15, -0.1) is 0 Å². The van der Waals surface area contributed by atoms with E-state index in [-0.39, 0.29) is 30.6 Å². The number of rotatable bonds is 6. The average molecular weight is 256 g/mol. The molecule has 0 unspecified atom stereocenters. The van der Waals surface area contributed by atoms with Gasteiger partial charge in [0.05, 0.1) is 12.2 Å². The second kappa shape index (κ2) is 6.83. The summed E-state index contributed by atoms with van der Waals surface area (Å²) in [6.07, 6.45) is -1.49. The lowest BCUT2D eigenvalue weighted by molar-refractivity contribution is -0.107. The molecule has 0 amide bonds. The van der Waals surface area contributed by atoms with Gasteiger partial charge in [-0.2, -0.15) is 0 Å². The van der Waals surface area contributed by atoms with Crippen molar-refractivity contribution in [3.63, 3.8) is 0 Å². The number of carbonyl (C=O) groups excluding carboxylic acids is 2. The number of aryl methyl sites for hydroxylation is 1. The van der Waals surface area contributed by atoms with Crippen LogP contribution in [0.15, 0.2) is 18.2 Å². The minimum Gasteiger partial charge on any atom is -0.462 e. The highest BCUT2D eigenvalue weighted by Gasteiger charge is 2.15. The molecule has 0 saturated carbocycles. The number of aldehydes is 1. The SMILES string of the molecule is CCOC(=O)c1ccc(C(F)F)cc1CCC=O. The van der Waals surface area contributed by atoms with E-state index in [1.807, 2.05) is 0 Å². The topological polar surface area (TPSA) is 43.4 Å². The second-order valence-corrected chi connectivity index (χ2v) is 3.64. The molecule has 3 nitrogen and oxygen atoms in total. The quantitative estimate of drug-likeness (QED) is 0.580.